The van der Waals surface area contributed by atoms with Crippen LogP contribution in [0.3, 0.4) is 0 Å². The summed E-state index contributed by atoms with van der Waals surface area (Å²) in [5, 5.41) is 16.6. The number of benzene rings is 2. The summed E-state index contributed by atoms with van der Waals surface area (Å²) in [7, 11) is 1.65. The van der Waals surface area contributed by atoms with E-state index in [4.69, 9.17) is 21.3 Å². The number of aliphatic imine (C=N–C) groups is 1. The van der Waals surface area contributed by atoms with Crippen LogP contribution in [0, 0.1) is 0 Å². The van der Waals surface area contributed by atoms with E-state index in [2.05, 4.69) is 11.4 Å². The highest BCUT2D eigenvalue weighted by atomic mass is 35.5. The molecular weight excluding hydrogens is 380 g/mol. The van der Waals surface area contributed by atoms with Crippen LogP contribution in [-0.4, -0.2) is 17.9 Å². The molecule has 0 radical (unpaired) electrons. The smallest absolute Gasteiger partial charge is 0.135 e. The Labute approximate surface area is 167 Å². The number of hydrogen-bond acceptors (Lipinski definition) is 5. The molecule has 2 atom stereocenters. The van der Waals surface area contributed by atoms with Gasteiger partial charge in [0.1, 0.15) is 17.7 Å². The van der Waals surface area contributed by atoms with Gasteiger partial charge in [-0.05, 0) is 59.5 Å². The molecule has 0 bridgehead atoms. The molecule has 4 nitrogen and oxygen atoms in total. The monoisotopic (exact) mass is 398 g/mol. The number of rotatable bonds is 4. The Bertz CT molecular complexity index is 955. The average Bonchev–Trinajstić information content (AvgIpc) is 3.24. The maximum Gasteiger partial charge on any atom is 0.135 e. The van der Waals surface area contributed by atoms with Crippen molar-refractivity contribution in [1.82, 2.24) is 5.32 Å². The first-order valence-electron chi connectivity index (χ1n) is 8.63. The molecule has 0 amide bonds. The molecule has 0 aliphatic carbocycles. The van der Waals surface area contributed by atoms with Gasteiger partial charge in [-0.3, -0.25) is 10.3 Å². The van der Waals surface area contributed by atoms with Crippen LogP contribution in [0.5, 0.6) is 11.5 Å². The van der Waals surface area contributed by atoms with Crippen LogP contribution >= 0.6 is 22.9 Å². The van der Waals surface area contributed by atoms with Crippen LogP contribution < -0.4 is 10.1 Å². The van der Waals surface area contributed by atoms with Crippen LogP contribution in [0.25, 0.3) is 0 Å². The molecule has 4 rings (SSSR count). The van der Waals surface area contributed by atoms with Gasteiger partial charge >= 0.3 is 0 Å². The van der Waals surface area contributed by atoms with E-state index in [1.807, 2.05) is 41.8 Å². The summed E-state index contributed by atoms with van der Waals surface area (Å²) < 4.78 is 5.26. The molecule has 6 heteroatoms. The van der Waals surface area contributed by atoms with E-state index >= 15 is 0 Å². The third kappa shape index (κ3) is 3.86. The third-order valence-electron chi connectivity index (χ3n) is 4.64. The first kappa shape index (κ1) is 18.0. The Kier molecular flexibility index (Phi) is 5.16. The molecule has 0 saturated carbocycles. The van der Waals surface area contributed by atoms with Gasteiger partial charge in [0, 0.05) is 33.6 Å². The summed E-state index contributed by atoms with van der Waals surface area (Å²) >= 11 is 7.84. The van der Waals surface area contributed by atoms with Crippen molar-refractivity contribution in [3.63, 3.8) is 0 Å². The zero-order valence-corrected chi connectivity index (χ0v) is 16.3. The number of nitrogens with zero attached hydrogens (tertiary/aromatic N) is 1. The van der Waals surface area contributed by atoms with Crippen molar-refractivity contribution >= 4 is 28.6 Å². The van der Waals surface area contributed by atoms with Crippen LogP contribution in [0.1, 0.15) is 34.6 Å². The first-order valence-corrected chi connectivity index (χ1v) is 9.89. The SMILES string of the molecule is COc1ccc(C2=N[C@H](c3cccs3)N[C@H](c3cc(Cl)ccc3O)C2)cc1. The van der Waals surface area contributed by atoms with E-state index < -0.39 is 0 Å². The van der Waals surface area contributed by atoms with Crippen molar-refractivity contribution < 1.29 is 9.84 Å². The quantitative estimate of drug-likeness (QED) is 0.623. The number of aromatic hydroxyl groups is 1. The number of thiophene rings is 1. The molecule has 1 aromatic heterocycles. The Morgan fingerprint density at radius 2 is 2.00 bits per heavy atom. The van der Waals surface area contributed by atoms with Gasteiger partial charge in [0.25, 0.3) is 0 Å². The number of ether oxygens (including phenoxy) is 1. The summed E-state index contributed by atoms with van der Waals surface area (Å²) in [5.41, 5.74) is 2.81. The second-order valence-corrected chi connectivity index (χ2v) is 7.76. The van der Waals surface area contributed by atoms with Gasteiger partial charge in [-0.25, -0.2) is 0 Å². The second kappa shape index (κ2) is 7.72. The maximum absolute atomic E-state index is 10.4. The number of hydrogen-bond donors (Lipinski definition) is 2. The van der Waals surface area contributed by atoms with Gasteiger partial charge in [0.2, 0.25) is 0 Å². The lowest BCUT2D eigenvalue weighted by Crippen LogP contribution is -2.32. The second-order valence-electron chi connectivity index (χ2n) is 6.35. The molecule has 2 heterocycles. The molecule has 0 fully saturated rings. The topological polar surface area (TPSA) is 53.8 Å². The van der Waals surface area contributed by atoms with Crippen LogP contribution in [0.15, 0.2) is 65.0 Å². The average molecular weight is 399 g/mol. The number of phenols is 1. The van der Waals surface area contributed by atoms with Crippen molar-refractivity contribution in [2.75, 3.05) is 7.11 Å². The Morgan fingerprint density at radius 1 is 1.19 bits per heavy atom. The fourth-order valence-corrected chi connectivity index (χ4v) is 4.16. The molecular formula is C21H19ClN2O2S. The minimum absolute atomic E-state index is 0.0922. The van der Waals surface area contributed by atoms with E-state index in [1.54, 1.807) is 30.6 Å². The first-order chi connectivity index (χ1) is 13.1. The van der Waals surface area contributed by atoms with E-state index in [9.17, 15) is 5.11 Å². The highest BCUT2D eigenvalue weighted by molar-refractivity contribution is 7.10. The number of halogens is 1. The lowest BCUT2D eigenvalue weighted by molar-refractivity contribution is 0.414. The lowest BCUT2D eigenvalue weighted by atomic mass is 9.94. The molecule has 2 aromatic carbocycles. The minimum atomic E-state index is -0.167. The molecule has 1 aliphatic rings. The number of methoxy groups -OCH3 is 1. The predicted molar refractivity (Wildman–Crippen MR) is 110 cm³/mol. The fraction of sp³-hybridized carbons (Fsp3) is 0.190. The Balaban J connectivity index is 1.73. The van der Waals surface area contributed by atoms with E-state index in [0.29, 0.717) is 11.4 Å². The normalized spacial score (nSPS) is 19.6. The molecule has 2 N–H and O–H groups in total. The molecule has 27 heavy (non-hydrogen) atoms. The zero-order chi connectivity index (χ0) is 18.8. The van der Waals surface area contributed by atoms with Crippen molar-refractivity contribution in [1.29, 1.82) is 0 Å². The summed E-state index contributed by atoms with van der Waals surface area (Å²) in [6.07, 6.45) is 0.487. The fourth-order valence-electron chi connectivity index (χ4n) is 3.26. The van der Waals surface area contributed by atoms with Crippen LogP contribution in [-0.2, 0) is 0 Å². The molecule has 138 valence electrons. The number of phenolic OH excluding ortho intramolecular Hbond substituents is 1. The molecule has 0 unspecified atom stereocenters. The summed E-state index contributed by atoms with van der Waals surface area (Å²) in [6, 6.07) is 17.0. The van der Waals surface area contributed by atoms with Crippen molar-refractivity contribution in [3.05, 3.63) is 81.0 Å². The Hall–Kier alpha value is -2.34. The Morgan fingerprint density at radius 3 is 2.70 bits per heavy atom. The van der Waals surface area contributed by atoms with Crippen molar-refractivity contribution in [2.24, 2.45) is 4.99 Å². The van der Waals surface area contributed by atoms with Gasteiger partial charge in [0.15, 0.2) is 0 Å². The molecule has 0 spiro atoms. The van der Waals surface area contributed by atoms with Crippen LogP contribution in [0.4, 0.5) is 0 Å². The van der Waals surface area contributed by atoms with Gasteiger partial charge in [-0.15, -0.1) is 11.3 Å². The number of nitrogens with one attached hydrogen (secondary N) is 1. The standard InChI is InChI=1S/C21H19ClN2O2S/c1-26-15-7-4-13(5-8-15)17-12-18(16-11-14(22)6-9-19(16)25)24-21(23-17)20-3-2-10-27-20/h2-11,18,21,24-25H,12H2,1H3/t18-,21-/m0/s1. The highest BCUT2D eigenvalue weighted by Gasteiger charge is 2.28. The summed E-state index contributed by atoms with van der Waals surface area (Å²) in [6.45, 7) is 0. The summed E-state index contributed by atoms with van der Waals surface area (Å²) in [5.74, 6) is 1.05. The van der Waals surface area contributed by atoms with Crippen molar-refractivity contribution in [2.45, 2.75) is 18.6 Å². The maximum atomic E-state index is 10.4. The predicted octanol–water partition coefficient (Wildman–Crippen LogP) is 5.34. The van der Waals surface area contributed by atoms with Gasteiger partial charge in [-0.1, -0.05) is 17.7 Å². The van der Waals surface area contributed by atoms with Crippen molar-refractivity contribution in [3.8, 4) is 11.5 Å². The molecule has 0 saturated heterocycles. The van der Waals surface area contributed by atoms with E-state index in [-0.39, 0.29) is 18.0 Å². The zero-order valence-electron chi connectivity index (χ0n) is 14.7. The lowest BCUT2D eigenvalue weighted by Gasteiger charge is -2.30. The van der Waals surface area contributed by atoms with E-state index in [1.165, 1.54) is 0 Å². The highest BCUT2D eigenvalue weighted by Crippen LogP contribution is 2.36. The van der Waals surface area contributed by atoms with Gasteiger partial charge < -0.3 is 9.84 Å². The molecule has 3 aromatic rings. The largest absolute Gasteiger partial charge is 0.508 e. The van der Waals surface area contributed by atoms with Crippen LogP contribution in [0.2, 0.25) is 5.02 Å². The van der Waals surface area contributed by atoms with Gasteiger partial charge in [0.05, 0.1) is 7.11 Å². The molecule has 1 aliphatic heterocycles. The summed E-state index contributed by atoms with van der Waals surface area (Å²) in [4.78, 5) is 6.07. The van der Waals surface area contributed by atoms with Gasteiger partial charge in [-0.2, -0.15) is 0 Å². The minimum Gasteiger partial charge on any atom is -0.508 e. The van der Waals surface area contributed by atoms with E-state index in [0.717, 1.165) is 27.5 Å². The third-order valence-corrected chi connectivity index (χ3v) is 5.80.